The smallest absolute Gasteiger partial charge is 0.255 e. The van der Waals surface area contributed by atoms with Crippen molar-refractivity contribution >= 4 is 11.8 Å². The third-order valence-electron chi connectivity index (χ3n) is 4.99. The van der Waals surface area contributed by atoms with E-state index in [1.54, 1.807) is 24.3 Å². The molecule has 1 aliphatic heterocycles. The van der Waals surface area contributed by atoms with Crippen LogP contribution in [0.25, 0.3) is 0 Å². The van der Waals surface area contributed by atoms with Crippen LogP contribution in [0.3, 0.4) is 0 Å². The van der Waals surface area contributed by atoms with E-state index in [2.05, 4.69) is 10.2 Å². The Morgan fingerprint density at radius 2 is 1.87 bits per heavy atom. The first kappa shape index (κ1) is 22.5. The lowest BCUT2D eigenvalue weighted by atomic mass is 10.0. The monoisotopic (exact) mass is 431 g/mol. The fourth-order valence-corrected chi connectivity index (χ4v) is 3.40. The number of halogens is 1. The van der Waals surface area contributed by atoms with Crippen LogP contribution in [-0.4, -0.2) is 63.3 Å². The highest BCUT2D eigenvalue weighted by molar-refractivity contribution is 5.95. The molecule has 2 aromatic rings. The fraction of sp³-hybridized carbons (Fsp3) is 0.364. The first-order valence-electron chi connectivity index (χ1n) is 9.92. The lowest BCUT2D eigenvalue weighted by Crippen LogP contribution is -2.43. The van der Waals surface area contributed by atoms with E-state index in [1.807, 2.05) is 0 Å². The molecule has 3 N–H and O–H groups in total. The Hall–Kier alpha value is -3.17. The van der Waals surface area contributed by atoms with Crippen LogP contribution in [0.5, 0.6) is 11.5 Å². The quantitative estimate of drug-likeness (QED) is 0.624. The van der Waals surface area contributed by atoms with Gasteiger partial charge < -0.3 is 25.3 Å². The van der Waals surface area contributed by atoms with E-state index in [9.17, 15) is 14.0 Å². The van der Waals surface area contributed by atoms with Crippen molar-refractivity contribution in [3.8, 4) is 11.5 Å². The molecule has 2 amide bonds. The number of nitrogens with one attached hydrogen (secondary N) is 1. The molecule has 0 saturated carbocycles. The minimum absolute atomic E-state index is 0.117. The molecule has 0 aliphatic carbocycles. The number of carbonyl (C=O) groups excluding carboxylic acids is 2. The predicted molar refractivity (Wildman–Crippen MR) is 112 cm³/mol. The molecule has 31 heavy (non-hydrogen) atoms. The van der Waals surface area contributed by atoms with Crippen molar-refractivity contribution < 1.29 is 28.2 Å². The van der Waals surface area contributed by atoms with E-state index >= 15 is 0 Å². The maximum atomic E-state index is 13.4. The number of hydrogen-bond acceptors (Lipinski definition) is 6. The molecule has 1 atom stereocenters. The summed E-state index contributed by atoms with van der Waals surface area (Å²) < 4.78 is 29.4. The van der Waals surface area contributed by atoms with E-state index in [4.69, 9.17) is 19.9 Å². The van der Waals surface area contributed by atoms with Crippen molar-refractivity contribution in [2.24, 2.45) is 5.73 Å². The van der Waals surface area contributed by atoms with Gasteiger partial charge in [-0.25, -0.2) is 4.39 Å². The second kappa shape index (κ2) is 10.7. The SMILES string of the molecule is COc1cc(C(=O)NCC(c2ccc(F)cc2)N2CCOCC2)ccc1OCC(N)=O. The summed E-state index contributed by atoms with van der Waals surface area (Å²) in [4.78, 5) is 25.9. The number of ether oxygens (including phenoxy) is 3. The van der Waals surface area contributed by atoms with E-state index < -0.39 is 5.91 Å². The Labute approximate surface area is 180 Å². The Morgan fingerprint density at radius 3 is 2.52 bits per heavy atom. The second-order valence-electron chi connectivity index (χ2n) is 7.05. The minimum Gasteiger partial charge on any atom is -0.493 e. The average Bonchev–Trinajstić information content (AvgIpc) is 2.79. The summed E-state index contributed by atoms with van der Waals surface area (Å²) in [6.07, 6.45) is 0. The molecule has 1 saturated heterocycles. The van der Waals surface area contributed by atoms with Crippen molar-refractivity contribution in [1.29, 1.82) is 0 Å². The third-order valence-corrected chi connectivity index (χ3v) is 4.99. The number of rotatable bonds is 9. The van der Waals surface area contributed by atoms with Gasteiger partial charge in [-0.15, -0.1) is 0 Å². The molecule has 1 unspecified atom stereocenters. The van der Waals surface area contributed by atoms with Crippen LogP contribution in [0.2, 0.25) is 0 Å². The lowest BCUT2D eigenvalue weighted by molar-refractivity contribution is -0.119. The molecule has 1 fully saturated rings. The molecule has 2 aromatic carbocycles. The normalized spacial score (nSPS) is 15.2. The Morgan fingerprint density at radius 1 is 1.16 bits per heavy atom. The van der Waals surface area contributed by atoms with Crippen LogP contribution in [0.1, 0.15) is 22.0 Å². The van der Waals surface area contributed by atoms with Gasteiger partial charge in [0.1, 0.15) is 5.82 Å². The average molecular weight is 431 g/mol. The number of carbonyl (C=O) groups is 2. The Balaban J connectivity index is 1.71. The van der Waals surface area contributed by atoms with E-state index in [1.165, 1.54) is 25.3 Å². The highest BCUT2D eigenvalue weighted by Gasteiger charge is 2.23. The van der Waals surface area contributed by atoms with Crippen molar-refractivity contribution in [3.63, 3.8) is 0 Å². The minimum atomic E-state index is -0.612. The molecule has 166 valence electrons. The zero-order chi connectivity index (χ0) is 22.2. The first-order valence-corrected chi connectivity index (χ1v) is 9.92. The van der Waals surface area contributed by atoms with Crippen molar-refractivity contribution in [2.45, 2.75) is 6.04 Å². The summed E-state index contributed by atoms with van der Waals surface area (Å²) in [5.74, 6) is -0.578. The summed E-state index contributed by atoms with van der Waals surface area (Å²) in [6.45, 7) is 2.70. The van der Waals surface area contributed by atoms with Crippen LogP contribution in [0, 0.1) is 5.82 Å². The van der Waals surface area contributed by atoms with E-state index in [0.29, 0.717) is 36.8 Å². The van der Waals surface area contributed by atoms with Gasteiger partial charge in [-0.3, -0.25) is 14.5 Å². The molecular formula is C22H26FN3O5. The number of methoxy groups -OCH3 is 1. The number of nitrogens with zero attached hydrogens (tertiary/aromatic N) is 1. The topological polar surface area (TPSA) is 103 Å². The van der Waals surface area contributed by atoms with Crippen LogP contribution >= 0.6 is 0 Å². The van der Waals surface area contributed by atoms with Crippen LogP contribution in [-0.2, 0) is 9.53 Å². The molecule has 0 bridgehead atoms. The van der Waals surface area contributed by atoms with Gasteiger partial charge in [-0.05, 0) is 35.9 Å². The largest absolute Gasteiger partial charge is 0.493 e. The number of morpholine rings is 1. The summed E-state index contributed by atoms with van der Waals surface area (Å²) >= 11 is 0. The molecule has 3 rings (SSSR count). The van der Waals surface area contributed by atoms with Crippen molar-refractivity contribution in [3.05, 3.63) is 59.4 Å². The van der Waals surface area contributed by atoms with Gasteiger partial charge in [-0.1, -0.05) is 12.1 Å². The van der Waals surface area contributed by atoms with Gasteiger partial charge in [0.2, 0.25) is 0 Å². The molecule has 0 aromatic heterocycles. The van der Waals surface area contributed by atoms with Gasteiger partial charge in [0.25, 0.3) is 11.8 Å². The maximum absolute atomic E-state index is 13.4. The highest BCUT2D eigenvalue weighted by Crippen LogP contribution is 2.28. The third kappa shape index (κ3) is 6.16. The van der Waals surface area contributed by atoms with Gasteiger partial charge in [-0.2, -0.15) is 0 Å². The van der Waals surface area contributed by atoms with Gasteiger partial charge in [0, 0.05) is 25.2 Å². The molecule has 0 spiro atoms. The molecule has 8 nitrogen and oxygen atoms in total. The Bertz CT molecular complexity index is 901. The molecule has 9 heteroatoms. The fourth-order valence-electron chi connectivity index (χ4n) is 3.40. The van der Waals surface area contributed by atoms with Crippen LogP contribution in [0.4, 0.5) is 4.39 Å². The summed E-state index contributed by atoms with van der Waals surface area (Å²) in [7, 11) is 1.44. The summed E-state index contributed by atoms with van der Waals surface area (Å²) in [5.41, 5.74) is 6.39. The lowest BCUT2D eigenvalue weighted by Gasteiger charge is -2.35. The van der Waals surface area contributed by atoms with E-state index in [0.717, 1.165) is 18.7 Å². The first-order chi connectivity index (χ1) is 15.0. The molecular weight excluding hydrogens is 405 g/mol. The summed E-state index contributed by atoms with van der Waals surface area (Å²) in [5, 5.41) is 2.94. The molecule has 1 aliphatic rings. The molecule has 0 radical (unpaired) electrons. The predicted octanol–water partition coefficient (Wildman–Crippen LogP) is 1.50. The number of primary amides is 1. The Kier molecular flexibility index (Phi) is 7.80. The number of hydrogen-bond donors (Lipinski definition) is 2. The second-order valence-corrected chi connectivity index (χ2v) is 7.05. The van der Waals surface area contributed by atoms with Gasteiger partial charge in [0.15, 0.2) is 18.1 Å². The van der Waals surface area contributed by atoms with Crippen molar-refractivity contribution in [1.82, 2.24) is 10.2 Å². The number of amides is 2. The van der Waals surface area contributed by atoms with Crippen LogP contribution in [0.15, 0.2) is 42.5 Å². The van der Waals surface area contributed by atoms with Gasteiger partial charge in [0.05, 0.1) is 26.4 Å². The van der Waals surface area contributed by atoms with Gasteiger partial charge >= 0.3 is 0 Å². The van der Waals surface area contributed by atoms with E-state index in [-0.39, 0.29) is 24.4 Å². The zero-order valence-electron chi connectivity index (χ0n) is 17.3. The van der Waals surface area contributed by atoms with Crippen LogP contribution < -0.4 is 20.5 Å². The molecule has 1 heterocycles. The highest BCUT2D eigenvalue weighted by atomic mass is 19.1. The maximum Gasteiger partial charge on any atom is 0.255 e. The van der Waals surface area contributed by atoms with Crippen molar-refractivity contribution in [2.75, 3.05) is 46.6 Å². The number of benzene rings is 2. The standard InChI is InChI=1S/C22H26FN3O5/c1-29-20-12-16(4-7-19(20)31-14-21(24)27)22(28)25-13-18(26-8-10-30-11-9-26)15-2-5-17(23)6-3-15/h2-7,12,18H,8-11,13-14H2,1H3,(H2,24,27)(H,25,28). The summed E-state index contributed by atoms with van der Waals surface area (Å²) in [6, 6.07) is 10.8. The zero-order valence-corrected chi connectivity index (χ0v) is 17.3. The number of nitrogens with two attached hydrogens (primary N) is 1.